The molecule has 3 heteroatoms. The molecule has 1 saturated carbocycles. The minimum absolute atomic E-state index is 0.331. The van der Waals surface area contributed by atoms with E-state index in [2.05, 4.69) is 59.5 Å². The van der Waals surface area contributed by atoms with Crippen LogP contribution in [0.2, 0.25) is 23.7 Å². The van der Waals surface area contributed by atoms with Gasteiger partial charge in [-0.15, -0.1) is 0 Å². The Morgan fingerprint density at radius 1 is 1.05 bits per heavy atom. The molecule has 0 heterocycles. The second kappa shape index (κ2) is 7.50. The lowest BCUT2D eigenvalue weighted by Crippen LogP contribution is -2.40. The van der Waals surface area contributed by atoms with Gasteiger partial charge in [-0.1, -0.05) is 60.1 Å². The fourth-order valence-corrected chi connectivity index (χ4v) is 7.55. The summed E-state index contributed by atoms with van der Waals surface area (Å²) in [5.41, 5.74) is 0.692. The number of carbonyl (C=O) groups is 1. The lowest BCUT2D eigenvalue weighted by atomic mass is 10.1. The van der Waals surface area contributed by atoms with Gasteiger partial charge in [0.2, 0.25) is 5.91 Å². The van der Waals surface area contributed by atoms with Crippen LogP contribution in [-0.2, 0) is 4.79 Å². The molecule has 0 unspecified atom stereocenters. The maximum Gasteiger partial charge on any atom is 0.225 e. The molecule has 0 spiro atoms. The van der Waals surface area contributed by atoms with Crippen LogP contribution in [0.5, 0.6) is 0 Å². The molecule has 0 aromatic carbocycles. The van der Waals surface area contributed by atoms with E-state index in [9.17, 15) is 4.79 Å². The van der Waals surface area contributed by atoms with E-state index in [0.717, 1.165) is 13.1 Å². The van der Waals surface area contributed by atoms with Gasteiger partial charge in [-0.25, -0.2) is 0 Å². The van der Waals surface area contributed by atoms with Crippen molar-refractivity contribution in [2.24, 2.45) is 11.8 Å². The number of hydrogen-bond acceptors (Lipinski definition) is 1. The number of amides is 1. The molecule has 22 heavy (non-hydrogen) atoms. The topological polar surface area (TPSA) is 20.3 Å². The lowest BCUT2D eigenvalue weighted by molar-refractivity contribution is -0.132. The van der Waals surface area contributed by atoms with E-state index in [-0.39, 0.29) is 0 Å². The van der Waals surface area contributed by atoms with E-state index in [1.54, 1.807) is 0 Å². The highest BCUT2D eigenvalue weighted by molar-refractivity contribution is 6.82. The quantitative estimate of drug-likeness (QED) is 0.422. The van der Waals surface area contributed by atoms with Gasteiger partial charge in [0.15, 0.2) is 0 Å². The molecule has 2 nitrogen and oxygen atoms in total. The SMILES string of the molecule is CCCCC[C@H]1[C@@H](C(=O)N(CC)CC)[C@@H]1[Si](C)(C)C(C)(C)C. The summed E-state index contributed by atoms with van der Waals surface area (Å²) in [7, 11) is -1.44. The smallest absolute Gasteiger partial charge is 0.225 e. The first kappa shape index (κ1) is 19.7. The van der Waals surface area contributed by atoms with Crippen molar-refractivity contribution in [3.05, 3.63) is 0 Å². The Bertz CT molecular complexity index is 368. The zero-order valence-corrected chi connectivity index (χ0v) is 17.3. The average Bonchev–Trinajstić information content (AvgIpc) is 3.14. The summed E-state index contributed by atoms with van der Waals surface area (Å²) in [6.45, 7) is 20.4. The Hall–Kier alpha value is -0.313. The van der Waals surface area contributed by atoms with Crippen molar-refractivity contribution in [3.8, 4) is 0 Å². The van der Waals surface area contributed by atoms with Crippen molar-refractivity contribution in [2.45, 2.75) is 90.9 Å². The van der Waals surface area contributed by atoms with E-state index in [0.29, 0.717) is 28.3 Å². The molecule has 130 valence electrons. The van der Waals surface area contributed by atoms with Crippen LogP contribution in [0, 0.1) is 11.8 Å². The number of nitrogens with zero attached hydrogens (tertiary/aromatic N) is 1. The maximum atomic E-state index is 12.9. The minimum atomic E-state index is -1.44. The number of unbranched alkanes of at least 4 members (excludes halogenated alkanes) is 2. The monoisotopic (exact) mass is 325 g/mol. The third kappa shape index (κ3) is 3.96. The van der Waals surface area contributed by atoms with Crippen LogP contribution in [0.1, 0.15) is 67.2 Å². The fraction of sp³-hybridized carbons (Fsp3) is 0.947. The predicted octanol–water partition coefficient (Wildman–Crippen LogP) is 5.56. The van der Waals surface area contributed by atoms with Gasteiger partial charge >= 0.3 is 0 Å². The van der Waals surface area contributed by atoms with Gasteiger partial charge in [0.05, 0.1) is 8.07 Å². The van der Waals surface area contributed by atoms with Crippen molar-refractivity contribution < 1.29 is 4.79 Å². The molecular weight excluding hydrogens is 286 g/mol. The van der Waals surface area contributed by atoms with Gasteiger partial charge in [-0.3, -0.25) is 4.79 Å². The Kier molecular flexibility index (Phi) is 6.73. The Balaban J connectivity index is 2.90. The molecular formula is C19H39NOSi. The van der Waals surface area contributed by atoms with E-state index in [1.165, 1.54) is 25.7 Å². The molecule has 0 radical (unpaired) electrons. The second-order valence-electron chi connectivity index (χ2n) is 8.69. The van der Waals surface area contributed by atoms with Crippen LogP contribution in [0.25, 0.3) is 0 Å². The van der Waals surface area contributed by atoms with E-state index in [1.807, 2.05) is 0 Å². The standard InChI is InChI=1S/C19H39NOSi/c1-9-12-13-14-15-16(18(21)20(10-2)11-3)17(15)22(7,8)19(4,5)6/h15-17H,9-14H2,1-8H3/t15-,16+,17+/m0/s1. The molecule has 0 aliphatic heterocycles. The Morgan fingerprint density at radius 3 is 2.00 bits per heavy atom. The summed E-state index contributed by atoms with van der Waals surface area (Å²) in [6, 6.07) is 0. The highest BCUT2D eigenvalue weighted by Gasteiger charge is 2.63. The molecule has 0 bridgehead atoms. The van der Waals surface area contributed by atoms with Crippen molar-refractivity contribution in [2.75, 3.05) is 13.1 Å². The Labute approximate surface area is 140 Å². The first-order valence-corrected chi connectivity index (χ1v) is 12.5. The molecule has 0 aromatic heterocycles. The zero-order valence-electron chi connectivity index (χ0n) is 16.3. The van der Waals surface area contributed by atoms with Crippen molar-refractivity contribution in [1.29, 1.82) is 0 Å². The van der Waals surface area contributed by atoms with Crippen molar-refractivity contribution in [1.82, 2.24) is 4.90 Å². The number of carbonyl (C=O) groups excluding carboxylic acids is 1. The molecule has 0 N–H and O–H groups in total. The van der Waals surface area contributed by atoms with Gasteiger partial charge < -0.3 is 4.90 Å². The highest BCUT2D eigenvalue weighted by Crippen LogP contribution is 2.65. The summed E-state index contributed by atoms with van der Waals surface area (Å²) in [5, 5.41) is 0.374. The van der Waals surface area contributed by atoms with Gasteiger partial charge in [0, 0.05) is 19.0 Å². The van der Waals surface area contributed by atoms with Gasteiger partial charge in [-0.2, -0.15) is 0 Å². The maximum absolute atomic E-state index is 12.9. The zero-order chi connectivity index (χ0) is 17.1. The van der Waals surface area contributed by atoms with E-state index >= 15 is 0 Å². The lowest BCUT2D eigenvalue weighted by Gasteiger charge is -2.38. The molecule has 1 fully saturated rings. The van der Waals surface area contributed by atoms with Crippen molar-refractivity contribution >= 4 is 14.0 Å². The summed E-state index contributed by atoms with van der Waals surface area (Å²) < 4.78 is 0. The normalized spacial score (nSPS) is 25.2. The van der Waals surface area contributed by atoms with Crippen LogP contribution in [0.3, 0.4) is 0 Å². The van der Waals surface area contributed by atoms with E-state index < -0.39 is 8.07 Å². The number of rotatable bonds is 8. The van der Waals surface area contributed by atoms with Crippen LogP contribution >= 0.6 is 0 Å². The second-order valence-corrected chi connectivity index (χ2v) is 14.3. The summed E-state index contributed by atoms with van der Waals surface area (Å²) >= 11 is 0. The third-order valence-electron chi connectivity index (χ3n) is 6.44. The first-order valence-electron chi connectivity index (χ1n) is 9.42. The minimum Gasteiger partial charge on any atom is -0.343 e. The largest absolute Gasteiger partial charge is 0.343 e. The van der Waals surface area contributed by atoms with Crippen LogP contribution in [-0.4, -0.2) is 32.0 Å². The van der Waals surface area contributed by atoms with Gasteiger partial charge in [0.1, 0.15) is 0 Å². The summed E-state index contributed by atoms with van der Waals surface area (Å²) in [6.07, 6.45) is 5.15. The summed E-state index contributed by atoms with van der Waals surface area (Å²) in [5.74, 6) is 1.44. The molecule has 1 aliphatic carbocycles. The molecule has 0 saturated heterocycles. The Morgan fingerprint density at radius 2 is 1.59 bits per heavy atom. The van der Waals surface area contributed by atoms with Crippen LogP contribution < -0.4 is 0 Å². The van der Waals surface area contributed by atoms with Gasteiger partial charge in [0.25, 0.3) is 0 Å². The fourth-order valence-electron chi connectivity index (χ4n) is 3.93. The number of hydrogen-bond donors (Lipinski definition) is 0. The molecule has 1 aliphatic rings. The van der Waals surface area contributed by atoms with E-state index in [4.69, 9.17) is 0 Å². The molecule has 1 rings (SSSR count). The summed E-state index contributed by atoms with van der Waals surface area (Å²) in [4.78, 5) is 15.0. The molecule has 0 aromatic rings. The average molecular weight is 326 g/mol. The molecule has 3 atom stereocenters. The first-order chi connectivity index (χ1) is 10.1. The predicted molar refractivity (Wildman–Crippen MR) is 100.0 cm³/mol. The van der Waals surface area contributed by atoms with Crippen LogP contribution in [0.15, 0.2) is 0 Å². The highest BCUT2D eigenvalue weighted by atomic mass is 28.3. The van der Waals surface area contributed by atoms with Crippen molar-refractivity contribution in [3.63, 3.8) is 0 Å². The van der Waals surface area contributed by atoms with Crippen LogP contribution in [0.4, 0.5) is 0 Å². The molecule has 1 amide bonds. The van der Waals surface area contributed by atoms with Gasteiger partial charge in [-0.05, 0) is 36.8 Å². The third-order valence-corrected chi connectivity index (χ3v) is 12.8.